The molecule has 0 saturated heterocycles. The van der Waals surface area contributed by atoms with Gasteiger partial charge in [0.2, 0.25) is 5.95 Å². The number of hydrogen-bond donors (Lipinski definition) is 2. The maximum atomic E-state index is 4.60. The number of nitrogens with one attached hydrogen (secondary N) is 2. The molecule has 1 aromatic heterocycles. The third-order valence-electron chi connectivity index (χ3n) is 3.58. The van der Waals surface area contributed by atoms with E-state index in [1.54, 1.807) is 0 Å². The van der Waals surface area contributed by atoms with Gasteiger partial charge in [-0.05, 0) is 37.6 Å². The molecule has 4 nitrogen and oxygen atoms in total. The van der Waals surface area contributed by atoms with Gasteiger partial charge in [-0.2, -0.15) is 4.98 Å². The summed E-state index contributed by atoms with van der Waals surface area (Å²) in [5, 5.41) is 6.59. The van der Waals surface area contributed by atoms with E-state index >= 15 is 0 Å². The van der Waals surface area contributed by atoms with E-state index in [1.807, 2.05) is 55.5 Å². The molecule has 0 bridgehead atoms. The van der Waals surface area contributed by atoms with Crippen molar-refractivity contribution in [2.75, 3.05) is 17.2 Å². The number of aromatic nitrogens is 2. The van der Waals surface area contributed by atoms with Gasteiger partial charge in [0.1, 0.15) is 5.82 Å². The van der Waals surface area contributed by atoms with Crippen LogP contribution in [0.4, 0.5) is 17.5 Å². The summed E-state index contributed by atoms with van der Waals surface area (Å²) in [5.74, 6) is 1.39. The smallest absolute Gasteiger partial charge is 0.225 e. The Kier molecular flexibility index (Phi) is 5.11. The van der Waals surface area contributed by atoms with Crippen molar-refractivity contribution in [3.05, 3.63) is 64.6 Å². The van der Waals surface area contributed by atoms with Crippen LogP contribution in [0.1, 0.15) is 12.5 Å². The highest BCUT2D eigenvalue weighted by molar-refractivity contribution is 9.10. The Morgan fingerprint density at radius 1 is 1.00 bits per heavy atom. The van der Waals surface area contributed by atoms with E-state index < -0.39 is 0 Å². The molecule has 3 aromatic rings. The second-order valence-electron chi connectivity index (χ2n) is 5.44. The van der Waals surface area contributed by atoms with Crippen LogP contribution >= 0.6 is 15.9 Å². The molecule has 0 fully saturated rings. The number of nitrogens with zero attached hydrogens (tertiary/aromatic N) is 2. The maximum Gasteiger partial charge on any atom is 0.225 e. The fourth-order valence-electron chi connectivity index (χ4n) is 2.41. The van der Waals surface area contributed by atoms with E-state index in [-0.39, 0.29) is 0 Å². The standard InChI is InChI=1S/C19H19BrN4/c1-3-21-19-23-17(14-7-5-4-6-8-14)12-18(24-19)22-16-10-9-15(20)11-13(16)2/h4-12H,3H2,1-2H3,(H2,21,22,23,24). The lowest BCUT2D eigenvalue weighted by molar-refractivity contribution is 1.09. The molecule has 0 saturated carbocycles. The molecule has 0 radical (unpaired) electrons. The van der Waals surface area contributed by atoms with E-state index in [1.165, 1.54) is 0 Å². The lowest BCUT2D eigenvalue weighted by atomic mass is 10.1. The van der Waals surface area contributed by atoms with Crippen molar-refractivity contribution in [1.29, 1.82) is 0 Å². The van der Waals surface area contributed by atoms with Crippen molar-refractivity contribution in [2.45, 2.75) is 13.8 Å². The summed E-state index contributed by atoms with van der Waals surface area (Å²) in [5.41, 5.74) is 4.13. The molecule has 0 spiro atoms. The highest BCUT2D eigenvalue weighted by Gasteiger charge is 2.08. The average molecular weight is 383 g/mol. The monoisotopic (exact) mass is 382 g/mol. The van der Waals surface area contributed by atoms with Crippen LogP contribution in [0.5, 0.6) is 0 Å². The summed E-state index contributed by atoms with van der Waals surface area (Å²) >= 11 is 3.49. The molecular formula is C19H19BrN4. The predicted molar refractivity (Wildman–Crippen MR) is 104 cm³/mol. The van der Waals surface area contributed by atoms with Gasteiger partial charge in [-0.25, -0.2) is 4.98 Å². The van der Waals surface area contributed by atoms with Crippen LogP contribution in [0, 0.1) is 6.92 Å². The molecule has 1 heterocycles. The number of benzene rings is 2. The highest BCUT2D eigenvalue weighted by Crippen LogP contribution is 2.26. The van der Waals surface area contributed by atoms with Gasteiger partial charge in [0.25, 0.3) is 0 Å². The molecule has 3 rings (SSSR count). The quantitative estimate of drug-likeness (QED) is 0.620. The Bertz CT molecular complexity index is 834. The SMILES string of the molecule is CCNc1nc(Nc2ccc(Br)cc2C)cc(-c2ccccc2)n1. The number of aryl methyl sites for hydroxylation is 1. The van der Waals surface area contributed by atoms with Gasteiger partial charge in [0, 0.05) is 28.3 Å². The van der Waals surface area contributed by atoms with Crippen LogP contribution < -0.4 is 10.6 Å². The first kappa shape index (κ1) is 16.5. The van der Waals surface area contributed by atoms with E-state index in [4.69, 9.17) is 0 Å². The zero-order chi connectivity index (χ0) is 16.9. The van der Waals surface area contributed by atoms with Gasteiger partial charge in [-0.1, -0.05) is 46.3 Å². The van der Waals surface area contributed by atoms with Crippen LogP contribution in [-0.4, -0.2) is 16.5 Å². The van der Waals surface area contributed by atoms with Crippen molar-refractivity contribution < 1.29 is 0 Å². The zero-order valence-corrected chi connectivity index (χ0v) is 15.3. The van der Waals surface area contributed by atoms with E-state index in [2.05, 4.69) is 49.5 Å². The molecule has 0 unspecified atom stereocenters. The second-order valence-corrected chi connectivity index (χ2v) is 6.36. The maximum absolute atomic E-state index is 4.60. The van der Waals surface area contributed by atoms with Gasteiger partial charge in [-0.3, -0.25) is 0 Å². The van der Waals surface area contributed by atoms with Crippen LogP contribution in [0.15, 0.2) is 59.1 Å². The normalized spacial score (nSPS) is 10.5. The summed E-state index contributed by atoms with van der Waals surface area (Å²) < 4.78 is 1.06. The molecule has 0 atom stereocenters. The Balaban J connectivity index is 1.99. The molecule has 5 heteroatoms. The van der Waals surface area contributed by atoms with Gasteiger partial charge in [0.05, 0.1) is 5.69 Å². The molecule has 2 N–H and O–H groups in total. The Morgan fingerprint density at radius 2 is 1.79 bits per heavy atom. The summed E-state index contributed by atoms with van der Waals surface area (Å²) in [6, 6.07) is 18.2. The average Bonchev–Trinajstić information content (AvgIpc) is 2.58. The number of rotatable bonds is 5. The summed E-state index contributed by atoms with van der Waals surface area (Å²) in [7, 11) is 0. The van der Waals surface area contributed by atoms with E-state index in [9.17, 15) is 0 Å². The van der Waals surface area contributed by atoms with Crippen LogP contribution in [0.25, 0.3) is 11.3 Å². The van der Waals surface area contributed by atoms with Crippen LogP contribution in [0.3, 0.4) is 0 Å². The summed E-state index contributed by atoms with van der Waals surface area (Å²) in [6.45, 7) is 4.87. The lowest BCUT2D eigenvalue weighted by Gasteiger charge is -2.12. The molecule has 0 aliphatic carbocycles. The summed E-state index contributed by atoms with van der Waals surface area (Å²) in [4.78, 5) is 9.16. The summed E-state index contributed by atoms with van der Waals surface area (Å²) in [6.07, 6.45) is 0. The van der Waals surface area contributed by atoms with Crippen molar-refractivity contribution in [3.63, 3.8) is 0 Å². The highest BCUT2D eigenvalue weighted by atomic mass is 79.9. The fourth-order valence-corrected chi connectivity index (χ4v) is 2.89. The number of halogens is 1. The van der Waals surface area contributed by atoms with Crippen molar-refractivity contribution >= 4 is 33.4 Å². The first-order chi connectivity index (χ1) is 11.7. The Labute approximate surface area is 150 Å². The van der Waals surface area contributed by atoms with Crippen LogP contribution in [-0.2, 0) is 0 Å². The molecule has 0 aliphatic rings. The topological polar surface area (TPSA) is 49.8 Å². The third kappa shape index (κ3) is 3.92. The minimum absolute atomic E-state index is 0.621. The third-order valence-corrected chi connectivity index (χ3v) is 4.08. The van der Waals surface area contributed by atoms with Crippen molar-refractivity contribution in [3.8, 4) is 11.3 Å². The van der Waals surface area contributed by atoms with E-state index in [0.29, 0.717) is 5.95 Å². The molecular weight excluding hydrogens is 364 g/mol. The van der Waals surface area contributed by atoms with Gasteiger partial charge in [-0.15, -0.1) is 0 Å². The van der Waals surface area contributed by atoms with Gasteiger partial charge < -0.3 is 10.6 Å². The van der Waals surface area contributed by atoms with Gasteiger partial charge in [0.15, 0.2) is 0 Å². The molecule has 0 aliphatic heterocycles. The Morgan fingerprint density at radius 3 is 2.50 bits per heavy atom. The zero-order valence-electron chi connectivity index (χ0n) is 13.7. The minimum atomic E-state index is 0.621. The second kappa shape index (κ2) is 7.45. The number of anilines is 3. The Hall–Kier alpha value is -2.40. The fraction of sp³-hybridized carbons (Fsp3) is 0.158. The first-order valence-corrected chi connectivity index (χ1v) is 8.66. The van der Waals surface area contributed by atoms with Crippen molar-refractivity contribution in [1.82, 2.24) is 9.97 Å². The predicted octanol–water partition coefficient (Wildman–Crippen LogP) is 5.39. The molecule has 24 heavy (non-hydrogen) atoms. The van der Waals surface area contributed by atoms with Gasteiger partial charge >= 0.3 is 0 Å². The minimum Gasteiger partial charge on any atom is -0.354 e. The van der Waals surface area contributed by atoms with Crippen molar-refractivity contribution in [2.24, 2.45) is 0 Å². The molecule has 0 amide bonds. The van der Waals surface area contributed by atoms with Crippen LogP contribution in [0.2, 0.25) is 0 Å². The largest absolute Gasteiger partial charge is 0.354 e. The molecule has 2 aromatic carbocycles. The lowest BCUT2D eigenvalue weighted by Crippen LogP contribution is -2.05. The molecule has 122 valence electrons. The van der Waals surface area contributed by atoms with E-state index in [0.717, 1.165) is 39.3 Å². The first-order valence-electron chi connectivity index (χ1n) is 7.87. The number of hydrogen-bond acceptors (Lipinski definition) is 4.